The SMILES string of the molecule is CC/C=C\C[C@@H](O)/C=C/C=C\C=C\[C@@H](O)C/C=C\C/C=C\CCC(=O)OC[C@H](CO)OC(=O)CCCCCCCCCCCCCCCC(C)C. The lowest BCUT2D eigenvalue weighted by atomic mass is 10.0. The molecule has 7 heteroatoms. The quantitative estimate of drug-likeness (QED) is 0.0263. The second kappa shape index (κ2) is 37.0. The molecule has 0 spiro atoms. The third kappa shape index (κ3) is 36.8. The van der Waals surface area contributed by atoms with Crippen LogP contribution in [-0.4, -0.2) is 58.8 Å². The zero-order chi connectivity index (χ0) is 37.6. The largest absolute Gasteiger partial charge is 0.462 e. The van der Waals surface area contributed by atoms with E-state index in [9.17, 15) is 24.9 Å². The fraction of sp³-hybridized carbons (Fsp3) is 0.682. The summed E-state index contributed by atoms with van der Waals surface area (Å²) in [6, 6.07) is 0. The van der Waals surface area contributed by atoms with Crippen LogP contribution in [0, 0.1) is 5.92 Å². The highest BCUT2D eigenvalue weighted by Gasteiger charge is 2.16. The van der Waals surface area contributed by atoms with Gasteiger partial charge in [-0.3, -0.25) is 9.59 Å². The standard InChI is InChI=1S/C44H74O7/c1-4-5-23-31-40(46)33-26-21-22-27-34-41(47)32-25-18-15-16-19-28-35-43(48)50-38-42(37-45)51-44(49)36-29-20-14-12-10-8-6-7-9-11-13-17-24-30-39(2)3/h5,16,18-19,21-23,25-27,33-34,39-42,45-47H,4,6-15,17,20,24,28-32,35-38H2,1-3H3/b19-16-,22-21-,23-5-,25-18-,33-26+,34-27+/t40-,41+,42+/m1/s1. The van der Waals surface area contributed by atoms with E-state index in [2.05, 4.69) is 20.8 Å². The summed E-state index contributed by atoms with van der Waals surface area (Å²) in [5.41, 5.74) is 0. The maximum absolute atomic E-state index is 12.2. The van der Waals surface area contributed by atoms with Crippen LogP contribution in [0.3, 0.4) is 0 Å². The number of carbonyl (C=O) groups excluding carboxylic acids is 2. The first-order chi connectivity index (χ1) is 24.8. The molecule has 0 bridgehead atoms. The lowest BCUT2D eigenvalue weighted by molar-refractivity contribution is -0.161. The fourth-order valence-corrected chi connectivity index (χ4v) is 5.29. The molecule has 0 amide bonds. The Hall–Kier alpha value is -2.74. The van der Waals surface area contributed by atoms with E-state index in [0.29, 0.717) is 32.1 Å². The van der Waals surface area contributed by atoms with Gasteiger partial charge < -0.3 is 24.8 Å². The number of hydrogen-bond donors (Lipinski definition) is 3. The molecule has 0 aromatic carbocycles. The van der Waals surface area contributed by atoms with Crippen molar-refractivity contribution >= 4 is 11.9 Å². The summed E-state index contributed by atoms with van der Waals surface area (Å²) in [5.74, 6) is 0.0715. The van der Waals surface area contributed by atoms with E-state index in [0.717, 1.165) is 31.6 Å². The molecular formula is C44H74O7. The van der Waals surface area contributed by atoms with Gasteiger partial charge in [0.05, 0.1) is 18.8 Å². The van der Waals surface area contributed by atoms with E-state index in [1.165, 1.54) is 70.6 Å². The van der Waals surface area contributed by atoms with Crippen molar-refractivity contribution in [1.29, 1.82) is 0 Å². The summed E-state index contributed by atoms with van der Waals surface area (Å²) < 4.78 is 10.5. The molecule has 7 nitrogen and oxygen atoms in total. The van der Waals surface area contributed by atoms with Crippen molar-refractivity contribution in [3.8, 4) is 0 Å². The summed E-state index contributed by atoms with van der Waals surface area (Å²) in [4.78, 5) is 24.2. The van der Waals surface area contributed by atoms with Crippen molar-refractivity contribution in [3.05, 3.63) is 72.9 Å². The number of aliphatic hydroxyl groups is 3. The summed E-state index contributed by atoms with van der Waals surface area (Å²) >= 11 is 0. The monoisotopic (exact) mass is 715 g/mol. The van der Waals surface area contributed by atoms with Crippen LogP contribution in [0.5, 0.6) is 0 Å². The number of esters is 2. The lowest BCUT2D eigenvalue weighted by Crippen LogP contribution is -2.28. The highest BCUT2D eigenvalue weighted by Crippen LogP contribution is 2.15. The molecule has 0 aliphatic carbocycles. The van der Waals surface area contributed by atoms with Crippen LogP contribution in [0.25, 0.3) is 0 Å². The predicted molar refractivity (Wildman–Crippen MR) is 212 cm³/mol. The number of allylic oxidation sites excluding steroid dienone is 8. The van der Waals surface area contributed by atoms with Crippen LogP contribution in [0.4, 0.5) is 0 Å². The Kier molecular flexibility index (Phi) is 35.0. The number of rotatable bonds is 34. The van der Waals surface area contributed by atoms with E-state index >= 15 is 0 Å². The van der Waals surface area contributed by atoms with Gasteiger partial charge in [0.25, 0.3) is 0 Å². The summed E-state index contributed by atoms with van der Waals surface area (Å²) in [7, 11) is 0. The molecule has 0 aromatic heterocycles. The van der Waals surface area contributed by atoms with Gasteiger partial charge in [-0.2, -0.15) is 0 Å². The first-order valence-corrected chi connectivity index (χ1v) is 20.1. The van der Waals surface area contributed by atoms with Gasteiger partial charge in [0.1, 0.15) is 6.61 Å². The Morgan fingerprint density at radius 3 is 1.65 bits per heavy atom. The second-order valence-electron chi connectivity index (χ2n) is 13.9. The number of hydrogen-bond acceptors (Lipinski definition) is 7. The minimum atomic E-state index is -0.836. The molecule has 0 saturated heterocycles. The Bertz CT molecular complexity index is 991. The molecule has 0 unspecified atom stereocenters. The van der Waals surface area contributed by atoms with Gasteiger partial charge >= 0.3 is 11.9 Å². The van der Waals surface area contributed by atoms with E-state index in [1.807, 2.05) is 48.6 Å². The van der Waals surface area contributed by atoms with Crippen LogP contribution >= 0.6 is 0 Å². The number of ether oxygens (including phenoxy) is 2. The van der Waals surface area contributed by atoms with Gasteiger partial charge in [0.15, 0.2) is 6.10 Å². The molecule has 0 saturated carbocycles. The highest BCUT2D eigenvalue weighted by atomic mass is 16.6. The van der Waals surface area contributed by atoms with Crippen molar-refractivity contribution in [2.45, 2.75) is 174 Å². The van der Waals surface area contributed by atoms with Crippen LogP contribution < -0.4 is 0 Å². The van der Waals surface area contributed by atoms with E-state index in [1.54, 1.807) is 24.3 Å². The fourth-order valence-electron chi connectivity index (χ4n) is 5.29. The average molecular weight is 715 g/mol. The zero-order valence-corrected chi connectivity index (χ0v) is 32.5. The van der Waals surface area contributed by atoms with Crippen molar-refractivity contribution in [1.82, 2.24) is 0 Å². The van der Waals surface area contributed by atoms with Crippen LogP contribution in [-0.2, 0) is 19.1 Å². The van der Waals surface area contributed by atoms with Gasteiger partial charge in [-0.1, -0.05) is 177 Å². The molecule has 0 aliphatic rings. The molecule has 0 radical (unpaired) electrons. The maximum atomic E-state index is 12.2. The summed E-state index contributed by atoms with van der Waals surface area (Å²) in [5, 5.41) is 29.4. The maximum Gasteiger partial charge on any atom is 0.306 e. The molecule has 0 heterocycles. The Labute approximate surface area is 311 Å². The number of aliphatic hydroxyl groups excluding tert-OH is 3. The van der Waals surface area contributed by atoms with Crippen LogP contribution in [0.2, 0.25) is 0 Å². The normalized spacial score (nSPS) is 14.3. The third-order valence-electron chi connectivity index (χ3n) is 8.37. The van der Waals surface area contributed by atoms with Gasteiger partial charge in [-0.05, 0) is 44.4 Å². The number of carbonyl (C=O) groups is 2. The van der Waals surface area contributed by atoms with Gasteiger partial charge in [-0.15, -0.1) is 0 Å². The third-order valence-corrected chi connectivity index (χ3v) is 8.37. The average Bonchev–Trinajstić information content (AvgIpc) is 3.10. The van der Waals surface area contributed by atoms with Crippen molar-refractivity contribution in [3.63, 3.8) is 0 Å². The van der Waals surface area contributed by atoms with Gasteiger partial charge in [-0.25, -0.2) is 0 Å². The molecule has 0 rings (SSSR count). The predicted octanol–water partition coefficient (Wildman–Crippen LogP) is 10.4. The first-order valence-electron chi connectivity index (χ1n) is 20.1. The first kappa shape index (κ1) is 48.3. The minimum absolute atomic E-state index is 0.144. The van der Waals surface area contributed by atoms with E-state index in [4.69, 9.17) is 9.47 Å². The number of unbranched alkanes of at least 4 members (excludes halogenated alkanes) is 12. The molecule has 0 fully saturated rings. The molecule has 3 atom stereocenters. The molecule has 0 aliphatic heterocycles. The second-order valence-corrected chi connectivity index (χ2v) is 13.9. The van der Waals surface area contributed by atoms with Crippen molar-refractivity contribution in [2.75, 3.05) is 13.2 Å². The smallest absolute Gasteiger partial charge is 0.306 e. The minimum Gasteiger partial charge on any atom is -0.462 e. The summed E-state index contributed by atoms with van der Waals surface area (Å²) in [6.07, 6.45) is 41.8. The van der Waals surface area contributed by atoms with Crippen LogP contribution in [0.1, 0.15) is 156 Å². The Balaban J connectivity index is 3.82. The van der Waals surface area contributed by atoms with Crippen LogP contribution in [0.15, 0.2) is 72.9 Å². The van der Waals surface area contributed by atoms with E-state index < -0.39 is 24.3 Å². The molecular weight excluding hydrogens is 640 g/mol. The molecule has 51 heavy (non-hydrogen) atoms. The molecule has 292 valence electrons. The zero-order valence-electron chi connectivity index (χ0n) is 32.5. The highest BCUT2D eigenvalue weighted by molar-refractivity contribution is 5.70. The van der Waals surface area contributed by atoms with Gasteiger partial charge in [0.2, 0.25) is 0 Å². The van der Waals surface area contributed by atoms with E-state index in [-0.39, 0.29) is 25.6 Å². The topological polar surface area (TPSA) is 113 Å². The van der Waals surface area contributed by atoms with Gasteiger partial charge in [0, 0.05) is 12.8 Å². The Morgan fingerprint density at radius 2 is 1.12 bits per heavy atom. The Morgan fingerprint density at radius 1 is 0.608 bits per heavy atom. The summed E-state index contributed by atoms with van der Waals surface area (Å²) in [6.45, 7) is 6.13. The molecule has 0 aromatic rings. The lowest BCUT2D eigenvalue weighted by Gasteiger charge is -2.15. The van der Waals surface area contributed by atoms with Crippen molar-refractivity contribution < 1.29 is 34.4 Å². The van der Waals surface area contributed by atoms with Crippen molar-refractivity contribution in [2.24, 2.45) is 5.92 Å². The molecule has 3 N–H and O–H groups in total.